The number of rotatable bonds is 4. The highest BCUT2D eigenvalue weighted by atomic mass is 32.1. The number of aromatic nitrogens is 1. The number of hydrogen-bond donors (Lipinski definition) is 2. The zero-order valence-electron chi connectivity index (χ0n) is 17.4. The molecule has 2 fully saturated rings. The van der Waals surface area contributed by atoms with Gasteiger partial charge in [0.2, 0.25) is 11.8 Å². The van der Waals surface area contributed by atoms with Crippen molar-refractivity contribution in [3.8, 4) is 0 Å². The van der Waals surface area contributed by atoms with Crippen LogP contribution in [0.1, 0.15) is 34.9 Å². The Hall–Kier alpha value is -2.42. The highest BCUT2D eigenvalue weighted by Gasteiger charge is 2.39. The fourth-order valence-electron chi connectivity index (χ4n) is 4.86. The van der Waals surface area contributed by atoms with Crippen LogP contribution >= 0.6 is 12.6 Å². The van der Waals surface area contributed by atoms with Crippen LogP contribution in [0.25, 0.3) is 0 Å². The van der Waals surface area contributed by atoms with Gasteiger partial charge in [-0.15, -0.1) is 0 Å². The Morgan fingerprint density at radius 1 is 1.06 bits per heavy atom. The maximum absolute atomic E-state index is 12.3. The number of piperazine rings is 1. The number of piperidine rings is 1. The smallest absolute Gasteiger partial charge is 0.243 e. The number of imide groups is 1. The van der Waals surface area contributed by atoms with E-state index in [0.29, 0.717) is 19.4 Å². The molecule has 1 N–H and O–H groups in total. The van der Waals surface area contributed by atoms with Gasteiger partial charge in [-0.3, -0.25) is 29.7 Å². The minimum Gasteiger partial charge on any atom is -0.369 e. The lowest BCUT2D eigenvalue weighted by molar-refractivity contribution is -0.137. The summed E-state index contributed by atoms with van der Waals surface area (Å²) < 4.78 is 0. The number of pyridine rings is 1. The summed E-state index contributed by atoms with van der Waals surface area (Å²) in [7, 11) is 0. The highest BCUT2D eigenvalue weighted by molar-refractivity contribution is 7.80. The Kier molecular flexibility index (Phi) is 5.69. The number of anilines is 1. The molecule has 2 amide bonds. The molecular formula is C23H27N5O2S. The van der Waals surface area contributed by atoms with E-state index >= 15 is 0 Å². The predicted molar refractivity (Wildman–Crippen MR) is 122 cm³/mol. The minimum atomic E-state index is -0.294. The number of hydrogen-bond acceptors (Lipinski definition) is 7. The molecule has 0 saturated carbocycles. The molecule has 8 heteroatoms. The molecule has 0 aliphatic carbocycles. The molecule has 31 heavy (non-hydrogen) atoms. The van der Waals surface area contributed by atoms with Crippen molar-refractivity contribution < 1.29 is 9.59 Å². The summed E-state index contributed by atoms with van der Waals surface area (Å²) in [5, 5.41) is 2.35. The van der Waals surface area contributed by atoms with Crippen molar-refractivity contribution in [2.24, 2.45) is 0 Å². The van der Waals surface area contributed by atoms with E-state index in [9.17, 15) is 9.59 Å². The standard InChI is InChI=1S/C23H27N5O2S/c29-21-4-3-20(22(30)25-21)28-15-17-13-16(1-2-19(17)23(28)31)14-26-9-11-27(12-10-26)18-5-7-24-8-6-18/h1-2,5-8,13,20,23,31H,3-4,9-12,14-15H2,(H,25,29,30). The lowest BCUT2D eigenvalue weighted by Gasteiger charge is -2.36. The third-order valence-corrected chi connectivity index (χ3v) is 7.14. The van der Waals surface area contributed by atoms with Gasteiger partial charge in [0.25, 0.3) is 0 Å². The van der Waals surface area contributed by atoms with Gasteiger partial charge in [0.05, 0.1) is 11.4 Å². The zero-order chi connectivity index (χ0) is 21.4. The molecule has 3 aliphatic rings. The summed E-state index contributed by atoms with van der Waals surface area (Å²) in [4.78, 5) is 34.9. The molecular weight excluding hydrogens is 410 g/mol. The largest absolute Gasteiger partial charge is 0.369 e. The van der Waals surface area contributed by atoms with Gasteiger partial charge in [0.15, 0.2) is 0 Å². The fraction of sp³-hybridized carbons (Fsp3) is 0.435. The lowest BCUT2D eigenvalue weighted by Crippen LogP contribution is -2.51. The Morgan fingerprint density at radius 3 is 2.58 bits per heavy atom. The van der Waals surface area contributed by atoms with Crippen LogP contribution in [0, 0.1) is 0 Å². The predicted octanol–water partition coefficient (Wildman–Crippen LogP) is 1.95. The van der Waals surface area contributed by atoms with E-state index in [-0.39, 0.29) is 23.2 Å². The van der Waals surface area contributed by atoms with E-state index < -0.39 is 0 Å². The Labute approximate surface area is 187 Å². The van der Waals surface area contributed by atoms with E-state index in [4.69, 9.17) is 12.6 Å². The summed E-state index contributed by atoms with van der Waals surface area (Å²) in [5.41, 5.74) is 4.93. The summed E-state index contributed by atoms with van der Waals surface area (Å²) in [6.45, 7) is 5.69. The number of amides is 2. The van der Waals surface area contributed by atoms with Gasteiger partial charge in [-0.1, -0.05) is 18.2 Å². The van der Waals surface area contributed by atoms with Gasteiger partial charge in [0.1, 0.15) is 0 Å². The van der Waals surface area contributed by atoms with Crippen molar-refractivity contribution >= 4 is 30.1 Å². The van der Waals surface area contributed by atoms with Gasteiger partial charge in [0, 0.05) is 63.8 Å². The first-order chi connectivity index (χ1) is 15.1. The molecule has 0 bridgehead atoms. The maximum atomic E-state index is 12.3. The summed E-state index contributed by atoms with van der Waals surface area (Å²) in [6.07, 6.45) is 4.64. The molecule has 5 rings (SSSR count). The molecule has 0 spiro atoms. The molecule has 2 unspecified atom stereocenters. The van der Waals surface area contributed by atoms with Crippen molar-refractivity contribution in [3.05, 3.63) is 59.4 Å². The molecule has 2 atom stereocenters. The quantitative estimate of drug-likeness (QED) is 0.563. The van der Waals surface area contributed by atoms with E-state index in [1.807, 2.05) is 12.4 Å². The van der Waals surface area contributed by atoms with Gasteiger partial charge < -0.3 is 4.90 Å². The third-order valence-electron chi connectivity index (χ3n) is 6.57. The average molecular weight is 438 g/mol. The van der Waals surface area contributed by atoms with Crippen LogP contribution in [0.2, 0.25) is 0 Å². The zero-order valence-corrected chi connectivity index (χ0v) is 18.3. The van der Waals surface area contributed by atoms with Crippen LogP contribution in [0.5, 0.6) is 0 Å². The number of nitrogens with zero attached hydrogens (tertiary/aromatic N) is 4. The first-order valence-electron chi connectivity index (χ1n) is 10.8. The normalized spacial score (nSPS) is 24.9. The van der Waals surface area contributed by atoms with Crippen molar-refractivity contribution in [3.63, 3.8) is 0 Å². The lowest BCUT2D eigenvalue weighted by atomic mass is 10.0. The van der Waals surface area contributed by atoms with Crippen LogP contribution in [0.3, 0.4) is 0 Å². The average Bonchev–Trinajstić information content (AvgIpc) is 3.10. The number of fused-ring (bicyclic) bond motifs is 1. The molecule has 2 saturated heterocycles. The first kappa shape index (κ1) is 20.5. The molecule has 1 aromatic heterocycles. The monoisotopic (exact) mass is 437 g/mol. The van der Waals surface area contributed by atoms with Crippen LogP contribution in [0.4, 0.5) is 5.69 Å². The number of carbonyl (C=O) groups is 2. The van der Waals surface area contributed by atoms with Crippen molar-refractivity contribution in [2.45, 2.75) is 37.3 Å². The summed E-state index contributed by atoms with van der Waals surface area (Å²) >= 11 is 4.79. The van der Waals surface area contributed by atoms with Crippen LogP contribution in [-0.4, -0.2) is 58.8 Å². The van der Waals surface area contributed by atoms with Gasteiger partial charge in [-0.25, -0.2) is 0 Å². The molecule has 3 aliphatic heterocycles. The Morgan fingerprint density at radius 2 is 1.84 bits per heavy atom. The van der Waals surface area contributed by atoms with Crippen LogP contribution in [0.15, 0.2) is 42.7 Å². The van der Waals surface area contributed by atoms with Crippen molar-refractivity contribution in [1.82, 2.24) is 20.1 Å². The van der Waals surface area contributed by atoms with E-state index in [0.717, 1.165) is 32.7 Å². The van der Waals surface area contributed by atoms with Crippen molar-refractivity contribution in [1.29, 1.82) is 0 Å². The van der Waals surface area contributed by atoms with Gasteiger partial charge >= 0.3 is 0 Å². The second kappa shape index (κ2) is 8.61. The molecule has 162 valence electrons. The molecule has 0 radical (unpaired) electrons. The SMILES string of the molecule is O=C1CCC(N2Cc3cc(CN4CCN(c5ccncc5)CC4)ccc3C2S)C(=O)N1. The molecule has 4 heterocycles. The number of carbonyl (C=O) groups excluding carboxylic acids is 2. The molecule has 1 aromatic carbocycles. The molecule has 7 nitrogen and oxygen atoms in total. The van der Waals surface area contributed by atoms with Gasteiger partial charge in [-0.2, -0.15) is 12.6 Å². The van der Waals surface area contributed by atoms with Crippen LogP contribution in [-0.2, 0) is 22.7 Å². The fourth-order valence-corrected chi connectivity index (χ4v) is 5.36. The Bertz CT molecular complexity index is 977. The highest BCUT2D eigenvalue weighted by Crippen LogP contribution is 2.39. The van der Waals surface area contributed by atoms with Crippen LogP contribution < -0.4 is 10.2 Å². The minimum absolute atomic E-state index is 0.114. The van der Waals surface area contributed by atoms with Gasteiger partial charge in [-0.05, 0) is 35.2 Å². The molecule has 2 aromatic rings. The first-order valence-corrected chi connectivity index (χ1v) is 11.4. The topological polar surface area (TPSA) is 68.8 Å². The van der Waals surface area contributed by atoms with Crippen molar-refractivity contribution in [2.75, 3.05) is 31.1 Å². The maximum Gasteiger partial charge on any atom is 0.243 e. The van der Waals surface area contributed by atoms with E-state index in [2.05, 4.69) is 55.3 Å². The van der Waals surface area contributed by atoms with E-state index in [1.165, 1.54) is 22.4 Å². The second-order valence-electron chi connectivity index (χ2n) is 8.51. The summed E-state index contributed by atoms with van der Waals surface area (Å²) in [5.74, 6) is -0.379. The summed E-state index contributed by atoms with van der Waals surface area (Å²) in [6, 6.07) is 10.4. The number of nitrogens with one attached hydrogen (secondary N) is 1. The number of thiol groups is 1. The second-order valence-corrected chi connectivity index (χ2v) is 9.00. The third kappa shape index (κ3) is 4.20. The number of benzene rings is 1. The van der Waals surface area contributed by atoms with E-state index in [1.54, 1.807) is 0 Å². The Balaban J connectivity index is 1.21.